The van der Waals surface area contributed by atoms with Crippen LogP contribution in [0.1, 0.15) is 23.7 Å². The van der Waals surface area contributed by atoms with Crippen LogP contribution in [0.25, 0.3) is 0 Å². The van der Waals surface area contributed by atoms with Gasteiger partial charge in [-0.2, -0.15) is 0 Å². The van der Waals surface area contributed by atoms with Gasteiger partial charge in [0.15, 0.2) is 6.10 Å². The van der Waals surface area contributed by atoms with Crippen molar-refractivity contribution in [2.24, 2.45) is 5.73 Å². The maximum atomic E-state index is 13.3. The number of primary amides is 1. The zero-order valence-corrected chi connectivity index (χ0v) is 23.6. The fraction of sp³-hybridized carbons (Fsp3) is 0.346. The van der Waals surface area contributed by atoms with E-state index in [1.54, 1.807) is 12.1 Å². The van der Waals surface area contributed by atoms with Gasteiger partial charge in [-0.25, -0.2) is 9.59 Å². The van der Waals surface area contributed by atoms with Gasteiger partial charge in [0.1, 0.15) is 17.9 Å². The summed E-state index contributed by atoms with van der Waals surface area (Å²) in [5, 5.41) is 10.1. The lowest BCUT2D eigenvalue weighted by Crippen LogP contribution is -2.55. The van der Waals surface area contributed by atoms with E-state index in [4.69, 9.17) is 19.9 Å². The highest BCUT2D eigenvalue weighted by molar-refractivity contribution is 9.10. The lowest BCUT2D eigenvalue weighted by Gasteiger charge is -2.36. The van der Waals surface area contributed by atoms with Crippen molar-refractivity contribution >= 4 is 45.8 Å². The predicted molar refractivity (Wildman–Crippen MR) is 148 cm³/mol. The van der Waals surface area contributed by atoms with Crippen molar-refractivity contribution in [1.82, 2.24) is 21.3 Å². The molecule has 0 bridgehead atoms. The summed E-state index contributed by atoms with van der Waals surface area (Å²) in [4.78, 5) is 62.8. The largest absolute Gasteiger partial charge is 0.497 e. The molecule has 0 saturated carbocycles. The number of hydrogen-bond donors (Lipinski definition) is 5. The Kier molecular flexibility index (Phi) is 12.2. The molecule has 1 aromatic carbocycles. The van der Waals surface area contributed by atoms with E-state index < -0.39 is 54.2 Å². The topological polar surface area (TPSA) is 187 Å². The van der Waals surface area contributed by atoms with E-state index in [2.05, 4.69) is 50.4 Å². The summed E-state index contributed by atoms with van der Waals surface area (Å²) in [6.07, 6.45) is -0.243. The molecule has 0 aliphatic heterocycles. The third kappa shape index (κ3) is 9.15. The van der Waals surface area contributed by atoms with Gasteiger partial charge in [-0.3, -0.25) is 14.4 Å². The molecule has 1 aromatic rings. The standard InChI is InChI=1S/C26H32BrN5O8/c1-5-9-29-25(36)39-20-12-15(23(34)31-14(3)22(28)33)11-19(21(20)40-26(37)30-10-6-2)32-24(35)17-13-16(38-4)7-8-18(17)27/h5-8,11,13-14,19-21H,1-2,9-10,12H2,3-4H3,(H2,28,33)(H,29,36)(H,30,37)(H,31,34)(H,32,35)/t14-,19-,20-,21-/m1/s1. The molecular weight excluding hydrogens is 590 g/mol. The molecule has 4 atom stereocenters. The molecule has 40 heavy (non-hydrogen) atoms. The first-order valence-electron chi connectivity index (χ1n) is 12.1. The number of ether oxygens (including phenoxy) is 3. The Morgan fingerprint density at radius 2 is 1.70 bits per heavy atom. The van der Waals surface area contributed by atoms with E-state index in [0.29, 0.717) is 10.2 Å². The van der Waals surface area contributed by atoms with Crippen LogP contribution in [-0.4, -0.2) is 74.4 Å². The first-order chi connectivity index (χ1) is 19.0. The number of nitrogens with one attached hydrogen (secondary N) is 4. The van der Waals surface area contributed by atoms with Crippen molar-refractivity contribution in [3.8, 4) is 5.75 Å². The summed E-state index contributed by atoms with van der Waals surface area (Å²) in [5.41, 5.74) is 5.50. The van der Waals surface area contributed by atoms with Gasteiger partial charge in [0, 0.05) is 29.6 Å². The fourth-order valence-corrected chi connectivity index (χ4v) is 3.97. The van der Waals surface area contributed by atoms with Crippen molar-refractivity contribution in [2.45, 2.75) is 37.6 Å². The van der Waals surface area contributed by atoms with E-state index in [-0.39, 0.29) is 30.6 Å². The van der Waals surface area contributed by atoms with Gasteiger partial charge in [0.2, 0.25) is 11.8 Å². The zero-order chi connectivity index (χ0) is 29.8. The minimum absolute atomic E-state index is 0.0518. The molecule has 1 aliphatic carbocycles. The molecule has 0 aromatic heterocycles. The predicted octanol–water partition coefficient (Wildman–Crippen LogP) is 1.44. The van der Waals surface area contributed by atoms with Crippen molar-refractivity contribution in [3.63, 3.8) is 0 Å². The van der Waals surface area contributed by atoms with Crippen molar-refractivity contribution in [1.29, 1.82) is 0 Å². The van der Waals surface area contributed by atoms with Gasteiger partial charge in [0.05, 0.1) is 18.7 Å². The number of nitrogens with two attached hydrogens (primary N) is 1. The number of amides is 5. The molecule has 13 nitrogen and oxygen atoms in total. The van der Waals surface area contributed by atoms with Crippen LogP contribution in [0, 0.1) is 0 Å². The molecule has 0 spiro atoms. The Bertz CT molecular complexity index is 1190. The van der Waals surface area contributed by atoms with Gasteiger partial charge >= 0.3 is 12.2 Å². The van der Waals surface area contributed by atoms with Gasteiger partial charge in [-0.15, -0.1) is 13.2 Å². The molecule has 6 N–H and O–H groups in total. The molecule has 0 heterocycles. The zero-order valence-electron chi connectivity index (χ0n) is 22.0. The smallest absolute Gasteiger partial charge is 0.407 e. The third-order valence-electron chi connectivity index (χ3n) is 5.59. The minimum Gasteiger partial charge on any atom is -0.497 e. The number of halogens is 1. The SMILES string of the molecule is C=CCNC(=O)O[C@@H]1[C@H](NC(=O)c2cc(OC)ccc2Br)C=C(C(=O)N[C@H](C)C(N)=O)C[C@H]1OC(=O)NCC=C. The van der Waals surface area contributed by atoms with Crippen LogP contribution < -0.4 is 31.7 Å². The molecule has 1 aliphatic rings. The van der Waals surface area contributed by atoms with Gasteiger partial charge in [-0.1, -0.05) is 12.2 Å². The lowest BCUT2D eigenvalue weighted by molar-refractivity contribution is -0.125. The van der Waals surface area contributed by atoms with E-state index >= 15 is 0 Å². The summed E-state index contributed by atoms with van der Waals surface area (Å²) in [6, 6.07) is 2.57. The molecular formula is C26H32BrN5O8. The maximum absolute atomic E-state index is 13.3. The van der Waals surface area contributed by atoms with Crippen LogP contribution in [0.3, 0.4) is 0 Å². The number of carbonyl (C=O) groups excluding carboxylic acids is 5. The molecule has 2 rings (SSSR count). The van der Waals surface area contributed by atoms with Crippen LogP contribution in [0.15, 0.2) is 59.6 Å². The average Bonchev–Trinajstić information content (AvgIpc) is 2.92. The number of hydrogen-bond acceptors (Lipinski definition) is 8. The van der Waals surface area contributed by atoms with E-state index in [1.165, 1.54) is 38.3 Å². The highest BCUT2D eigenvalue weighted by atomic mass is 79.9. The molecule has 0 saturated heterocycles. The summed E-state index contributed by atoms with van der Waals surface area (Å²) >= 11 is 3.32. The minimum atomic E-state index is -1.27. The monoisotopic (exact) mass is 621 g/mol. The first kappa shape index (κ1) is 31.9. The van der Waals surface area contributed by atoms with Crippen LogP contribution in [-0.2, 0) is 19.1 Å². The molecule has 0 fully saturated rings. The fourth-order valence-electron chi connectivity index (χ4n) is 3.54. The summed E-state index contributed by atoms with van der Waals surface area (Å²) in [7, 11) is 1.44. The van der Waals surface area contributed by atoms with Gasteiger partial charge in [0.25, 0.3) is 5.91 Å². The normalized spacial score (nSPS) is 18.6. The number of alkyl carbamates (subject to hydrolysis) is 2. The Morgan fingerprint density at radius 1 is 1.07 bits per heavy atom. The molecule has 5 amide bonds. The van der Waals surface area contributed by atoms with Crippen molar-refractivity contribution in [2.75, 3.05) is 20.2 Å². The Hall–Kier alpha value is -4.33. The van der Waals surface area contributed by atoms with Gasteiger partial charge in [-0.05, 0) is 47.1 Å². The second-order valence-electron chi connectivity index (χ2n) is 8.49. The Morgan fingerprint density at radius 3 is 2.27 bits per heavy atom. The van der Waals surface area contributed by atoms with Crippen LogP contribution >= 0.6 is 15.9 Å². The van der Waals surface area contributed by atoms with E-state index in [9.17, 15) is 24.0 Å². The Labute approximate surface area is 239 Å². The van der Waals surface area contributed by atoms with Crippen LogP contribution in [0.5, 0.6) is 5.75 Å². The second kappa shape index (κ2) is 15.3. The molecule has 0 radical (unpaired) electrons. The van der Waals surface area contributed by atoms with E-state index in [1.807, 2.05) is 0 Å². The maximum Gasteiger partial charge on any atom is 0.407 e. The number of benzene rings is 1. The second-order valence-corrected chi connectivity index (χ2v) is 9.35. The first-order valence-corrected chi connectivity index (χ1v) is 12.9. The number of methoxy groups -OCH3 is 1. The summed E-state index contributed by atoms with van der Waals surface area (Å²) in [6.45, 7) is 8.60. The number of carbonyl (C=O) groups is 5. The highest BCUT2D eigenvalue weighted by Gasteiger charge is 2.41. The third-order valence-corrected chi connectivity index (χ3v) is 6.28. The summed E-state index contributed by atoms with van der Waals surface area (Å²) < 4.78 is 16.7. The molecule has 0 unspecified atom stereocenters. The van der Waals surface area contributed by atoms with Crippen molar-refractivity contribution < 1.29 is 38.2 Å². The average molecular weight is 622 g/mol. The van der Waals surface area contributed by atoms with Crippen LogP contribution in [0.2, 0.25) is 0 Å². The number of rotatable bonds is 12. The van der Waals surface area contributed by atoms with E-state index in [0.717, 1.165) is 0 Å². The van der Waals surface area contributed by atoms with Crippen molar-refractivity contribution in [3.05, 3.63) is 65.2 Å². The molecule has 216 valence electrons. The van der Waals surface area contributed by atoms with Crippen LogP contribution in [0.4, 0.5) is 9.59 Å². The summed E-state index contributed by atoms with van der Waals surface area (Å²) in [5.74, 6) is -1.67. The molecule has 14 heteroatoms. The lowest BCUT2D eigenvalue weighted by atomic mass is 9.89. The highest BCUT2D eigenvalue weighted by Crippen LogP contribution is 2.27. The van der Waals surface area contributed by atoms with Gasteiger partial charge < -0.3 is 41.2 Å². The quantitative estimate of drug-likeness (QED) is 0.217. The Balaban J connectivity index is 2.50.